The van der Waals surface area contributed by atoms with Crippen LogP contribution in [0.1, 0.15) is 5.56 Å². The van der Waals surface area contributed by atoms with E-state index in [1.54, 1.807) is 6.07 Å². The van der Waals surface area contributed by atoms with Crippen molar-refractivity contribution in [2.75, 3.05) is 38.1 Å². The molecule has 1 aromatic carbocycles. The molecule has 0 amide bonds. The third-order valence-corrected chi connectivity index (χ3v) is 4.27. The molecule has 2 nitrogen and oxygen atoms in total. The zero-order valence-corrected chi connectivity index (χ0v) is 13.8. The summed E-state index contributed by atoms with van der Waals surface area (Å²) in [4.78, 5) is 4.62. The van der Waals surface area contributed by atoms with E-state index in [0.29, 0.717) is 5.56 Å². The molecule has 0 unspecified atom stereocenters. The van der Waals surface area contributed by atoms with Crippen LogP contribution < -0.4 is 4.90 Å². The van der Waals surface area contributed by atoms with Crippen molar-refractivity contribution in [1.29, 1.82) is 0 Å². The van der Waals surface area contributed by atoms with Crippen LogP contribution in [0.5, 0.6) is 0 Å². The van der Waals surface area contributed by atoms with Gasteiger partial charge in [-0.2, -0.15) is 0 Å². The summed E-state index contributed by atoms with van der Waals surface area (Å²) in [6, 6.07) is 5.30. The van der Waals surface area contributed by atoms with Crippen LogP contribution in [0.2, 0.25) is 19.6 Å². The molecule has 0 spiro atoms. The molecule has 0 saturated carbocycles. The summed E-state index contributed by atoms with van der Waals surface area (Å²) in [5.41, 5.74) is 4.85. The third-order valence-electron chi connectivity index (χ3n) is 3.39. The largest absolute Gasteiger partial charge is 0.369 e. The van der Waals surface area contributed by atoms with Crippen LogP contribution in [-0.4, -0.2) is 46.2 Å². The average Bonchev–Trinajstić information content (AvgIpc) is 2.38. The Bertz CT molecular complexity index is 532. The first-order chi connectivity index (χ1) is 9.35. The van der Waals surface area contributed by atoms with E-state index in [1.165, 1.54) is 0 Å². The normalized spacial score (nSPS) is 16.8. The van der Waals surface area contributed by atoms with E-state index in [1.807, 2.05) is 12.1 Å². The first kappa shape index (κ1) is 15.1. The zero-order valence-electron chi connectivity index (χ0n) is 12.8. The molecule has 1 aliphatic rings. The van der Waals surface area contributed by atoms with Crippen LogP contribution in [0.4, 0.5) is 10.1 Å². The molecule has 108 valence electrons. The van der Waals surface area contributed by atoms with Crippen molar-refractivity contribution in [2.45, 2.75) is 19.6 Å². The fourth-order valence-electron chi connectivity index (χ4n) is 2.13. The number of likely N-dealkylation sites (N-methyl/N-ethyl adjacent to an activating group) is 1. The molecule has 0 bridgehead atoms. The van der Waals surface area contributed by atoms with Gasteiger partial charge >= 0.3 is 0 Å². The molecule has 1 aliphatic heterocycles. The smallest absolute Gasteiger partial charge is 0.138 e. The van der Waals surface area contributed by atoms with E-state index < -0.39 is 8.07 Å². The molecular formula is C16H23FN2Si. The van der Waals surface area contributed by atoms with Crippen molar-refractivity contribution < 1.29 is 4.39 Å². The van der Waals surface area contributed by atoms with Crippen LogP contribution >= 0.6 is 0 Å². The Balaban J connectivity index is 2.22. The van der Waals surface area contributed by atoms with Gasteiger partial charge in [-0.1, -0.05) is 25.6 Å². The lowest BCUT2D eigenvalue weighted by Gasteiger charge is -2.34. The third kappa shape index (κ3) is 4.09. The summed E-state index contributed by atoms with van der Waals surface area (Å²) in [5.74, 6) is 2.83. The van der Waals surface area contributed by atoms with Crippen molar-refractivity contribution in [2.24, 2.45) is 0 Å². The Morgan fingerprint density at radius 2 is 1.75 bits per heavy atom. The second-order valence-corrected chi connectivity index (χ2v) is 11.2. The summed E-state index contributed by atoms with van der Waals surface area (Å²) in [5, 5.41) is 0. The minimum atomic E-state index is -1.48. The fraction of sp³-hybridized carbons (Fsp3) is 0.500. The molecule has 0 aliphatic carbocycles. The molecule has 20 heavy (non-hydrogen) atoms. The molecule has 0 aromatic heterocycles. The van der Waals surface area contributed by atoms with Gasteiger partial charge in [0.2, 0.25) is 0 Å². The van der Waals surface area contributed by atoms with E-state index >= 15 is 0 Å². The van der Waals surface area contributed by atoms with Crippen molar-refractivity contribution >= 4 is 13.8 Å². The summed E-state index contributed by atoms with van der Waals surface area (Å²) in [6.45, 7) is 10.6. The predicted molar refractivity (Wildman–Crippen MR) is 86.3 cm³/mol. The number of hydrogen-bond acceptors (Lipinski definition) is 2. The van der Waals surface area contributed by atoms with Crippen molar-refractivity contribution in [1.82, 2.24) is 4.90 Å². The number of nitrogens with zero attached hydrogens (tertiary/aromatic N) is 2. The fourth-order valence-corrected chi connectivity index (χ4v) is 2.63. The topological polar surface area (TPSA) is 6.48 Å². The van der Waals surface area contributed by atoms with Gasteiger partial charge in [0.05, 0.1) is 5.56 Å². The molecule has 1 fully saturated rings. The van der Waals surface area contributed by atoms with Gasteiger partial charge in [-0.05, 0) is 25.2 Å². The molecular weight excluding hydrogens is 267 g/mol. The Morgan fingerprint density at radius 3 is 2.35 bits per heavy atom. The molecule has 1 heterocycles. The monoisotopic (exact) mass is 290 g/mol. The number of halogens is 1. The lowest BCUT2D eigenvalue weighted by atomic mass is 10.1. The maximum atomic E-state index is 13.9. The Hall–Kier alpha value is -1.31. The van der Waals surface area contributed by atoms with Gasteiger partial charge in [-0.15, -0.1) is 5.54 Å². The average molecular weight is 290 g/mol. The van der Waals surface area contributed by atoms with E-state index in [2.05, 4.69) is 48.0 Å². The minimum Gasteiger partial charge on any atom is -0.369 e. The van der Waals surface area contributed by atoms with Crippen LogP contribution in [0.15, 0.2) is 18.2 Å². The minimum absolute atomic E-state index is 0.214. The van der Waals surface area contributed by atoms with Gasteiger partial charge in [-0.3, -0.25) is 0 Å². The second-order valence-electron chi connectivity index (χ2n) is 6.45. The van der Waals surface area contributed by atoms with Gasteiger partial charge in [0.25, 0.3) is 0 Å². The number of anilines is 1. The molecule has 0 radical (unpaired) electrons. The van der Waals surface area contributed by atoms with Gasteiger partial charge in [0.15, 0.2) is 0 Å². The first-order valence-electron chi connectivity index (χ1n) is 7.11. The van der Waals surface area contributed by atoms with Crippen molar-refractivity contribution in [3.05, 3.63) is 29.6 Å². The molecule has 0 N–H and O–H groups in total. The maximum absolute atomic E-state index is 13.9. The number of piperazine rings is 1. The zero-order chi connectivity index (χ0) is 14.8. The van der Waals surface area contributed by atoms with Gasteiger partial charge < -0.3 is 9.80 Å². The van der Waals surface area contributed by atoms with Crippen LogP contribution in [-0.2, 0) is 0 Å². The standard InChI is InChI=1S/C16H23FN2Si/c1-18-8-10-19(11-9-18)15-5-6-16(17)14(13-15)7-12-20(2,3)4/h5-6,13H,8-11H2,1-4H3. The van der Waals surface area contributed by atoms with Gasteiger partial charge in [0, 0.05) is 31.9 Å². The number of rotatable bonds is 1. The Kier molecular flexibility index (Phi) is 4.51. The summed E-state index contributed by atoms with van der Waals surface area (Å²) >= 11 is 0. The van der Waals surface area contributed by atoms with Gasteiger partial charge in [-0.25, -0.2) is 4.39 Å². The molecule has 2 rings (SSSR count). The highest BCUT2D eigenvalue weighted by atomic mass is 28.3. The van der Waals surface area contributed by atoms with Crippen molar-refractivity contribution in [3.8, 4) is 11.5 Å². The first-order valence-corrected chi connectivity index (χ1v) is 10.6. The number of benzene rings is 1. The predicted octanol–water partition coefficient (Wildman–Crippen LogP) is 2.81. The lowest BCUT2D eigenvalue weighted by molar-refractivity contribution is 0.313. The molecule has 4 heteroatoms. The maximum Gasteiger partial charge on any atom is 0.138 e. The van der Waals surface area contributed by atoms with E-state index in [9.17, 15) is 4.39 Å². The highest BCUT2D eigenvalue weighted by Crippen LogP contribution is 2.20. The Labute approximate surface area is 122 Å². The van der Waals surface area contributed by atoms with Crippen LogP contribution in [0.25, 0.3) is 0 Å². The molecule has 1 saturated heterocycles. The van der Waals surface area contributed by atoms with E-state index in [-0.39, 0.29) is 5.82 Å². The summed E-state index contributed by atoms with van der Waals surface area (Å²) in [7, 11) is 0.655. The highest BCUT2D eigenvalue weighted by molar-refractivity contribution is 6.83. The second kappa shape index (κ2) is 5.98. The van der Waals surface area contributed by atoms with E-state index in [0.717, 1.165) is 31.9 Å². The van der Waals surface area contributed by atoms with Gasteiger partial charge in [0.1, 0.15) is 13.9 Å². The number of hydrogen-bond donors (Lipinski definition) is 0. The molecule has 1 aromatic rings. The quantitative estimate of drug-likeness (QED) is 0.580. The Morgan fingerprint density at radius 1 is 1.10 bits per heavy atom. The van der Waals surface area contributed by atoms with Crippen molar-refractivity contribution in [3.63, 3.8) is 0 Å². The summed E-state index contributed by atoms with van der Waals surface area (Å²) < 4.78 is 13.9. The molecule has 0 atom stereocenters. The van der Waals surface area contributed by atoms with Crippen LogP contribution in [0.3, 0.4) is 0 Å². The highest BCUT2D eigenvalue weighted by Gasteiger charge is 2.15. The summed E-state index contributed by atoms with van der Waals surface area (Å²) in [6.07, 6.45) is 0. The SMILES string of the molecule is CN1CCN(c2ccc(F)c(C#C[Si](C)(C)C)c2)CC1. The lowest BCUT2D eigenvalue weighted by Crippen LogP contribution is -2.44. The van der Waals surface area contributed by atoms with Crippen LogP contribution in [0, 0.1) is 17.3 Å². The van der Waals surface area contributed by atoms with E-state index in [4.69, 9.17) is 0 Å².